The molecule has 0 radical (unpaired) electrons. The Kier molecular flexibility index (Phi) is 11.6. The zero-order valence-electron chi connectivity index (χ0n) is 22.4. The van der Waals surface area contributed by atoms with E-state index < -0.39 is 0 Å². The lowest BCUT2D eigenvalue weighted by atomic mass is 10.1. The third kappa shape index (κ3) is 9.20. The first-order chi connectivity index (χ1) is 18.5. The van der Waals surface area contributed by atoms with Gasteiger partial charge in [-0.05, 0) is 66.3 Å². The Balaban J connectivity index is 1.63. The van der Waals surface area contributed by atoms with Gasteiger partial charge in [0.05, 0.1) is 19.8 Å². The van der Waals surface area contributed by atoms with Gasteiger partial charge >= 0.3 is 11.9 Å². The molecule has 0 saturated heterocycles. The van der Waals surface area contributed by atoms with Crippen LogP contribution in [-0.2, 0) is 33.8 Å². The van der Waals surface area contributed by atoms with Crippen molar-refractivity contribution in [3.63, 3.8) is 0 Å². The number of benzene rings is 3. The molecule has 0 spiro atoms. The molecule has 0 N–H and O–H groups in total. The predicted molar refractivity (Wildman–Crippen MR) is 150 cm³/mol. The number of nitrogens with zero attached hydrogens (tertiary/aromatic N) is 1. The first-order valence-electron chi connectivity index (χ1n) is 12.9. The second kappa shape index (κ2) is 15.4. The van der Waals surface area contributed by atoms with Gasteiger partial charge in [-0.25, -0.2) is 4.79 Å². The van der Waals surface area contributed by atoms with Gasteiger partial charge in [-0.1, -0.05) is 67.3 Å². The van der Waals surface area contributed by atoms with Gasteiger partial charge < -0.3 is 14.2 Å². The fourth-order valence-corrected chi connectivity index (χ4v) is 4.14. The minimum Gasteiger partial charge on any atom is -0.489 e. The number of carbonyl (C=O) groups is 2. The molecule has 0 aliphatic carbocycles. The molecule has 6 nitrogen and oxygen atoms in total. The summed E-state index contributed by atoms with van der Waals surface area (Å²) in [6.45, 7) is 6.70. The molecule has 0 heterocycles. The summed E-state index contributed by atoms with van der Waals surface area (Å²) in [6, 6.07) is 23.8. The maximum atomic E-state index is 11.8. The summed E-state index contributed by atoms with van der Waals surface area (Å²) in [5.74, 6) is 0.359. The molecule has 0 unspecified atom stereocenters. The Labute approximate surface area is 225 Å². The molecule has 0 fully saturated rings. The molecule has 0 aliphatic rings. The van der Waals surface area contributed by atoms with Gasteiger partial charge in [-0.15, -0.1) is 0 Å². The van der Waals surface area contributed by atoms with Gasteiger partial charge in [0, 0.05) is 19.5 Å². The molecule has 3 rings (SSSR count). The highest BCUT2D eigenvalue weighted by Gasteiger charge is 2.12. The van der Waals surface area contributed by atoms with Crippen molar-refractivity contribution >= 4 is 18.0 Å². The smallest absolute Gasteiger partial charge is 0.337 e. The first kappa shape index (κ1) is 28.7. The summed E-state index contributed by atoms with van der Waals surface area (Å²) in [7, 11) is 2.80. The van der Waals surface area contributed by atoms with Crippen molar-refractivity contribution in [1.82, 2.24) is 4.90 Å². The van der Waals surface area contributed by atoms with E-state index in [-0.39, 0.29) is 11.9 Å². The van der Waals surface area contributed by atoms with Crippen LogP contribution in [0.1, 0.15) is 51.9 Å². The molecule has 38 heavy (non-hydrogen) atoms. The predicted octanol–water partition coefficient (Wildman–Crippen LogP) is 6.08. The highest BCUT2D eigenvalue weighted by Crippen LogP contribution is 2.21. The summed E-state index contributed by atoms with van der Waals surface area (Å²) in [4.78, 5) is 25.7. The van der Waals surface area contributed by atoms with E-state index in [1.807, 2.05) is 48.5 Å². The van der Waals surface area contributed by atoms with E-state index in [2.05, 4.69) is 29.7 Å². The topological polar surface area (TPSA) is 65.1 Å². The zero-order valence-corrected chi connectivity index (χ0v) is 22.4. The van der Waals surface area contributed by atoms with E-state index in [9.17, 15) is 9.59 Å². The van der Waals surface area contributed by atoms with E-state index in [0.29, 0.717) is 18.6 Å². The molecule has 0 bridgehead atoms. The van der Waals surface area contributed by atoms with Crippen molar-refractivity contribution in [2.45, 2.75) is 38.8 Å². The molecule has 0 amide bonds. The standard InChI is InChI=1S/C32H37NO5/c1-4-25-12-14-27(15-13-25)24-38-30-10-6-5-9-28(30)20-22-33(21-8-7-11-31(34)36-2)23-26-16-18-29(19-17-26)32(35)37-3/h4-6,9-10,12-19H,1,7-8,11,20-24H2,2-3H3. The van der Waals surface area contributed by atoms with Crippen LogP contribution in [0.2, 0.25) is 0 Å². The molecule has 0 saturated carbocycles. The Hall–Kier alpha value is -3.90. The summed E-state index contributed by atoms with van der Waals surface area (Å²) in [5.41, 5.74) is 4.98. The van der Waals surface area contributed by atoms with Gasteiger partial charge in [0.2, 0.25) is 0 Å². The highest BCUT2D eigenvalue weighted by atomic mass is 16.5. The van der Waals surface area contributed by atoms with E-state index in [1.54, 1.807) is 12.1 Å². The van der Waals surface area contributed by atoms with Crippen molar-refractivity contribution in [3.05, 3.63) is 107 Å². The third-order valence-electron chi connectivity index (χ3n) is 6.39. The lowest BCUT2D eigenvalue weighted by molar-refractivity contribution is -0.140. The summed E-state index contributed by atoms with van der Waals surface area (Å²) in [5, 5.41) is 0. The molecule has 0 aromatic heterocycles. The Morgan fingerprint density at radius 2 is 1.55 bits per heavy atom. The van der Waals surface area contributed by atoms with E-state index >= 15 is 0 Å². The molecule has 6 heteroatoms. The molecule has 3 aromatic carbocycles. The number of hydrogen-bond donors (Lipinski definition) is 0. The monoisotopic (exact) mass is 515 g/mol. The summed E-state index contributed by atoms with van der Waals surface area (Å²) in [6.07, 6.45) is 4.73. The van der Waals surface area contributed by atoms with Crippen molar-refractivity contribution in [3.8, 4) is 5.75 Å². The molecular formula is C32H37NO5. The largest absolute Gasteiger partial charge is 0.489 e. The second-order valence-corrected chi connectivity index (χ2v) is 9.09. The van der Waals surface area contributed by atoms with Crippen LogP contribution in [0.4, 0.5) is 0 Å². The van der Waals surface area contributed by atoms with Crippen LogP contribution in [0.3, 0.4) is 0 Å². The summed E-state index contributed by atoms with van der Waals surface area (Å²) < 4.78 is 15.8. The Morgan fingerprint density at radius 1 is 0.842 bits per heavy atom. The number of unbranched alkanes of at least 4 members (excludes halogenated alkanes) is 1. The number of rotatable bonds is 15. The van der Waals surface area contributed by atoms with Crippen molar-refractivity contribution in [1.29, 1.82) is 0 Å². The second-order valence-electron chi connectivity index (χ2n) is 9.09. The van der Waals surface area contributed by atoms with Crippen LogP contribution >= 0.6 is 0 Å². The van der Waals surface area contributed by atoms with E-state index in [4.69, 9.17) is 14.2 Å². The SMILES string of the molecule is C=Cc1ccc(COc2ccccc2CCN(CCCCC(=O)OC)Cc2ccc(C(=O)OC)cc2)cc1. The molecule has 0 aliphatic heterocycles. The normalized spacial score (nSPS) is 10.7. The van der Waals surface area contributed by atoms with Crippen LogP contribution < -0.4 is 4.74 Å². The lowest BCUT2D eigenvalue weighted by Crippen LogP contribution is -2.27. The lowest BCUT2D eigenvalue weighted by Gasteiger charge is -2.23. The minimum atomic E-state index is -0.343. The number of ether oxygens (including phenoxy) is 3. The minimum absolute atomic E-state index is 0.180. The molecular weight excluding hydrogens is 478 g/mol. The van der Waals surface area contributed by atoms with Crippen molar-refractivity contribution in [2.24, 2.45) is 0 Å². The molecule has 0 atom stereocenters. The fraction of sp³-hybridized carbons (Fsp3) is 0.312. The number of hydrogen-bond acceptors (Lipinski definition) is 6. The number of para-hydroxylation sites is 1. The van der Waals surface area contributed by atoms with Crippen molar-refractivity contribution in [2.75, 3.05) is 27.3 Å². The molecule has 200 valence electrons. The first-order valence-corrected chi connectivity index (χ1v) is 12.9. The fourth-order valence-electron chi connectivity index (χ4n) is 4.14. The quantitative estimate of drug-likeness (QED) is 0.180. The van der Waals surface area contributed by atoms with Crippen LogP contribution in [0, 0.1) is 0 Å². The average Bonchev–Trinajstić information content (AvgIpc) is 2.97. The Morgan fingerprint density at radius 3 is 2.24 bits per heavy atom. The van der Waals surface area contributed by atoms with Crippen LogP contribution in [0.15, 0.2) is 79.4 Å². The third-order valence-corrected chi connectivity index (χ3v) is 6.39. The average molecular weight is 516 g/mol. The number of esters is 2. The maximum absolute atomic E-state index is 11.8. The van der Waals surface area contributed by atoms with Crippen molar-refractivity contribution < 1.29 is 23.8 Å². The van der Waals surface area contributed by atoms with Gasteiger partial charge in [0.1, 0.15) is 12.4 Å². The van der Waals surface area contributed by atoms with Crippen LogP contribution in [0.25, 0.3) is 6.08 Å². The highest BCUT2D eigenvalue weighted by molar-refractivity contribution is 5.89. The molecule has 3 aromatic rings. The van der Waals surface area contributed by atoms with Gasteiger partial charge in [0.25, 0.3) is 0 Å². The number of methoxy groups -OCH3 is 2. The summed E-state index contributed by atoms with van der Waals surface area (Å²) >= 11 is 0. The van der Waals surface area contributed by atoms with E-state index in [0.717, 1.165) is 66.9 Å². The zero-order chi connectivity index (χ0) is 27.2. The van der Waals surface area contributed by atoms with Gasteiger partial charge in [0.15, 0.2) is 0 Å². The van der Waals surface area contributed by atoms with Gasteiger partial charge in [-0.2, -0.15) is 0 Å². The Bertz CT molecular complexity index is 1170. The maximum Gasteiger partial charge on any atom is 0.337 e. The van der Waals surface area contributed by atoms with Crippen LogP contribution in [0.5, 0.6) is 5.75 Å². The van der Waals surface area contributed by atoms with Gasteiger partial charge in [-0.3, -0.25) is 9.69 Å². The van der Waals surface area contributed by atoms with E-state index in [1.165, 1.54) is 14.2 Å². The van der Waals surface area contributed by atoms with Crippen LogP contribution in [-0.4, -0.2) is 44.1 Å². The number of carbonyl (C=O) groups excluding carboxylic acids is 2.